The molecular formula is C16H28N2O3. The highest BCUT2D eigenvalue weighted by atomic mass is 16.5. The van der Waals surface area contributed by atoms with Gasteiger partial charge >= 0.3 is 0 Å². The lowest BCUT2D eigenvalue weighted by atomic mass is 9.88. The monoisotopic (exact) mass is 296 g/mol. The lowest BCUT2D eigenvalue weighted by Gasteiger charge is -2.42. The number of nitrogens with zero attached hydrogens (tertiary/aromatic N) is 1. The third-order valence-electron chi connectivity index (χ3n) is 5.11. The third-order valence-corrected chi connectivity index (χ3v) is 5.11. The molecule has 0 spiro atoms. The van der Waals surface area contributed by atoms with Gasteiger partial charge in [0.15, 0.2) is 0 Å². The fourth-order valence-corrected chi connectivity index (χ4v) is 3.62. The maximum Gasteiger partial charge on any atom is 0.248 e. The van der Waals surface area contributed by atoms with Crippen LogP contribution >= 0.6 is 0 Å². The summed E-state index contributed by atoms with van der Waals surface area (Å²) in [6, 6.07) is 0.135. The van der Waals surface area contributed by atoms with Crippen LogP contribution in [0.25, 0.3) is 0 Å². The van der Waals surface area contributed by atoms with E-state index < -0.39 is 5.54 Å². The van der Waals surface area contributed by atoms with Crippen LogP contribution in [0.2, 0.25) is 0 Å². The van der Waals surface area contributed by atoms with E-state index in [1.807, 2.05) is 25.7 Å². The van der Waals surface area contributed by atoms with E-state index in [0.29, 0.717) is 12.8 Å². The molecule has 5 heteroatoms. The number of methoxy groups -OCH3 is 1. The van der Waals surface area contributed by atoms with Crippen LogP contribution in [0.4, 0.5) is 0 Å². The van der Waals surface area contributed by atoms with Crippen LogP contribution in [-0.4, -0.2) is 47.6 Å². The van der Waals surface area contributed by atoms with Crippen LogP contribution in [0.1, 0.15) is 59.3 Å². The quantitative estimate of drug-likeness (QED) is 0.864. The summed E-state index contributed by atoms with van der Waals surface area (Å²) in [5.74, 6) is 0.0342. The summed E-state index contributed by atoms with van der Waals surface area (Å²) >= 11 is 0. The molecule has 21 heavy (non-hydrogen) atoms. The van der Waals surface area contributed by atoms with E-state index >= 15 is 0 Å². The summed E-state index contributed by atoms with van der Waals surface area (Å²) in [5, 5.41) is 2.92. The normalized spacial score (nSPS) is 38.1. The van der Waals surface area contributed by atoms with Crippen molar-refractivity contribution in [1.82, 2.24) is 10.2 Å². The van der Waals surface area contributed by atoms with E-state index in [-0.39, 0.29) is 30.0 Å². The number of rotatable bonds is 3. The van der Waals surface area contributed by atoms with E-state index in [9.17, 15) is 9.59 Å². The molecule has 120 valence electrons. The molecule has 2 amide bonds. The van der Waals surface area contributed by atoms with Crippen molar-refractivity contribution in [2.24, 2.45) is 0 Å². The van der Waals surface area contributed by atoms with Gasteiger partial charge in [0.25, 0.3) is 0 Å². The first-order valence-corrected chi connectivity index (χ1v) is 8.08. The topological polar surface area (TPSA) is 58.6 Å². The van der Waals surface area contributed by atoms with Gasteiger partial charge in [-0.15, -0.1) is 0 Å². The Balaban J connectivity index is 2.25. The second-order valence-electron chi connectivity index (χ2n) is 6.68. The van der Waals surface area contributed by atoms with Crippen LogP contribution < -0.4 is 5.32 Å². The molecule has 1 saturated carbocycles. The van der Waals surface area contributed by atoms with E-state index in [0.717, 1.165) is 25.7 Å². The first-order valence-electron chi connectivity index (χ1n) is 8.08. The van der Waals surface area contributed by atoms with Gasteiger partial charge in [-0.05, 0) is 46.0 Å². The Labute approximate surface area is 127 Å². The van der Waals surface area contributed by atoms with Crippen LogP contribution in [0.3, 0.4) is 0 Å². The highest BCUT2D eigenvalue weighted by molar-refractivity contribution is 5.93. The molecule has 1 saturated heterocycles. The molecule has 0 aromatic heterocycles. The van der Waals surface area contributed by atoms with Crippen molar-refractivity contribution in [3.05, 3.63) is 0 Å². The SMILES string of the molecule is CCC1(C)NC(=O)CC(C)N(C2CCCC(OC)C2)C1=O. The third kappa shape index (κ3) is 3.23. The first-order chi connectivity index (χ1) is 9.91. The van der Waals surface area contributed by atoms with Crippen LogP contribution in [0.15, 0.2) is 0 Å². The molecule has 0 radical (unpaired) electrons. The Bertz CT molecular complexity index is 412. The van der Waals surface area contributed by atoms with Gasteiger partial charge in [0.05, 0.1) is 6.10 Å². The van der Waals surface area contributed by atoms with Gasteiger partial charge in [0.1, 0.15) is 5.54 Å². The smallest absolute Gasteiger partial charge is 0.248 e. The summed E-state index contributed by atoms with van der Waals surface area (Å²) in [7, 11) is 1.74. The van der Waals surface area contributed by atoms with E-state index in [1.165, 1.54) is 0 Å². The van der Waals surface area contributed by atoms with Gasteiger partial charge in [-0.3, -0.25) is 9.59 Å². The minimum Gasteiger partial charge on any atom is -0.381 e. The average molecular weight is 296 g/mol. The maximum atomic E-state index is 13.0. The molecule has 1 aliphatic heterocycles. The average Bonchev–Trinajstić information content (AvgIpc) is 2.54. The number of hydrogen-bond acceptors (Lipinski definition) is 3. The minimum atomic E-state index is -0.776. The van der Waals surface area contributed by atoms with Crippen molar-refractivity contribution < 1.29 is 14.3 Å². The lowest BCUT2D eigenvalue weighted by molar-refractivity contribution is -0.143. The zero-order valence-corrected chi connectivity index (χ0v) is 13.6. The van der Waals surface area contributed by atoms with E-state index in [1.54, 1.807) is 7.11 Å². The van der Waals surface area contributed by atoms with Crippen LogP contribution in [0, 0.1) is 0 Å². The Morgan fingerprint density at radius 1 is 1.38 bits per heavy atom. The Kier molecular flexibility index (Phi) is 4.91. The Morgan fingerprint density at radius 2 is 2.10 bits per heavy atom. The maximum absolute atomic E-state index is 13.0. The van der Waals surface area contributed by atoms with Gasteiger partial charge < -0.3 is 15.0 Å². The van der Waals surface area contributed by atoms with E-state index in [2.05, 4.69) is 5.32 Å². The van der Waals surface area contributed by atoms with Gasteiger partial charge in [0, 0.05) is 25.6 Å². The van der Waals surface area contributed by atoms with Gasteiger partial charge in [0.2, 0.25) is 11.8 Å². The molecule has 0 aromatic rings. The summed E-state index contributed by atoms with van der Waals surface area (Å²) in [6.07, 6.45) is 5.24. The summed E-state index contributed by atoms with van der Waals surface area (Å²) < 4.78 is 5.49. The number of carbonyl (C=O) groups is 2. The van der Waals surface area contributed by atoms with Crippen LogP contribution in [0.5, 0.6) is 0 Å². The zero-order valence-electron chi connectivity index (χ0n) is 13.6. The largest absolute Gasteiger partial charge is 0.381 e. The van der Waals surface area contributed by atoms with Crippen molar-refractivity contribution in [2.75, 3.05) is 7.11 Å². The number of ether oxygens (including phenoxy) is 1. The van der Waals surface area contributed by atoms with Crippen molar-refractivity contribution in [1.29, 1.82) is 0 Å². The Hall–Kier alpha value is -1.10. The molecule has 1 N–H and O–H groups in total. The molecular weight excluding hydrogens is 268 g/mol. The van der Waals surface area contributed by atoms with Crippen LogP contribution in [-0.2, 0) is 14.3 Å². The molecule has 4 unspecified atom stereocenters. The van der Waals surface area contributed by atoms with Gasteiger partial charge in [-0.2, -0.15) is 0 Å². The molecule has 4 atom stereocenters. The molecule has 1 heterocycles. The second-order valence-corrected chi connectivity index (χ2v) is 6.68. The van der Waals surface area contributed by atoms with Crippen molar-refractivity contribution in [2.45, 2.75) is 83.0 Å². The predicted octanol–water partition coefficient (Wildman–Crippen LogP) is 1.85. The molecule has 0 bridgehead atoms. The van der Waals surface area contributed by atoms with Crippen molar-refractivity contribution in [3.8, 4) is 0 Å². The summed E-state index contributed by atoms with van der Waals surface area (Å²) in [6.45, 7) is 5.77. The zero-order chi connectivity index (χ0) is 15.6. The predicted molar refractivity (Wildman–Crippen MR) is 80.8 cm³/mol. The highest BCUT2D eigenvalue weighted by Gasteiger charge is 2.45. The molecule has 1 aliphatic carbocycles. The molecule has 2 rings (SSSR count). The fourth-order valence-electron chi connectivity index (χ4n) is 3.62. The molecule has 2 aliphatic rings. The molecule has 2 fully saturated rings. The van der Waals surface area contributed by atoms with Crippen molar-refractivity contribution >= 4 is 11.8 Å². The fraction of sp³-hybridized carbons (Fsp3) is 0.875. The van der Waals surface area contributed by atoms with Crippen molar-refractivity contribution in [3.63, 3.8) is 0 Å². The summed E-state index contributed by atoms with van der Waals surface area (Å²) in [4.78, 5) is 27.0. The number of hydrogen-bond donors (Lipinski definition) is 1. The number of amides is 2. The standard InChI is InChI=1S/C16H28N2O3/c1-5-16(3)15(20)18(11(2)9-14(19)17-16)12-7-6-8-13(10-12)21-4/h11-13H,5-10H2,1-4H3,(H,17,19). The number of carbonyl (C=O) groups excluding carboxylic acids is 2. The molecule has 5 nitrogen and oxygen atoms in total. The summed E-state index contributed by atoms with van der Waals surface area (Å²) in [5.41, 5.74) is -0.776. The first kappa shape index (κ1) is 16.3. The lowest BCUT2D eigenvalue weighted by Crippen LogP contribution is -2.58. The Morgan fingerprint density at radius 3 is 2.71 bits per heavy atom. The van der Waals surface area contributed by atoms with E-state index in [4.69, 9.17) is 4.74 Å². The van der Waals surface area contributed by atoms with Gasteiger partial charge in [-0.25, -0.2) is 0 Å². The second kappa shape index (κ2) is 6.34. The van der Waals surface area contributed by atoms with Gasteiger partial charge in [-0.1, -0.05) is 6.92 Å². The minimum absolute atomic E-state index is 0.0261. The highest BCUT2D eigenvalue weighted by Crippen LogP contribution is 2.31. The number of nitrogens with one attached hydrogen (secondary N) is 1. The molecule has 0 aromatic carbocycles.